The topological polar surface area (TPSA) is 50.3 Å². The number of rotatable bonds is 7. The molecule has 1 saturated carbocycles. The number of piperidine rings is 1. The first kappa shape index (κ1) is 23.1. The highest BCUT2D eigenvalue weighted by Gasteiger charge is 2.30. The Hall–Kier alpha value is -2.54. The van der Waals surface area contributed by atoms with Gasteiger partial charge in [-0.3, -0.25) is 9.59 Å². The number of ketones is 2. The van der Waals surface area contributed by atoms with E-state index in [4.69, 9.17) is 0 Å². The molecule has 0 radical (unpaired) electrons. The van der Waals surface area contributed by atoms with Crippen molar-refractivity contribution in [1.29, 1.82) is 0 Å². The number of benzene rings is 1. The lowest BCUT2D eigenvalue weighted by molar-refractivity contribution is 0.0830. The lowest BCUT2D eigenvalue weighted by Crippen LogP contribution is -2.37. The molecular weight excluding hydrogens is 405 g/mol. The van der Waals surface area contributed by atoms with Gasteiger partial charge in [-0.25, -0.2) is 18.2 Å². The van der Waals surface area contributed by atoms with Crippen molar-refractivity contribution in [3.63, 3.8) is 0 Å². The van der Waals surface area contributed by atoms with Crippen LogP contribution in [0.25, 0.3) is 0 Å². The van der Waals surface area contributed by atoms with Crippen LogP contribution >= 0.6 is 0 Å². The summed E-state index contributed by atoms with van der Waals surface area (Å²) in [5.74, 6) is -3.78. The third-order valence-corrected chi connectivity index (χ3v) is 5.86. The zero-order valence-corrected chi connectivity index (χ0v) is 16.5. The van der Waals surface area contributed by atoms with Gasteiger partial charge in [0.05, 0.1) is 12.0 Å². The molecule has 4 nitrogen and oxygen atoms in total. The maximum atomic E-state index is 13.9. The fraction of sp³-hybridized carbons (Fsp3) is 0.458. The van der Waals surface area contributed by atoms with Crippen LogP contribution in [0.1, 0.15) is 59.7 Å². The molecule has 1 aliphatic heterocycles. The lowest BCUT2D eigenvalue weighted by atomic mass is 9.90. The molecule has 1 aromatic heterocycles. The van der Waals surface area contributed by atoms with E-state index in [1.54, 1.807) is 12.1 Å². The van der Waals surface area contributed by atoms with Gasteiger partial charge in [0.2, 0.25) is 0 Å². The second-order valence-electron chi connectivity index (χ2n) is 8.24. The molecule has 2 aromatic rings. The van der Waals surface area contributed by atoms with Gasteiger partial charge in [0.1, 0.15) is 23.1 Å². The average Bonchev–Trinajstić information content (AvgIpc) is 3.51. The zero-order valence-electron chi connectivity index (χ0n) is 16.5. The van der Waals surface area contributed by atoms with Crippen LogP contribution < -0.4 is 0 Å². The molecule has 0 spiro atoms. The summed E-state index contributed by atoms with van der Waals surface area (Å²) in [6, 6.07) is 5.69. The highest BCUT2D eigenvalue weighted by molar-refractivity contribution is 5.98. The SMILES string of the molecule is C.O=C(Cc1cccc(C(=O)C2CCN(CC3CC3)CC2)n1)c1c(F)cc(F)cc1F. The number of halogens is 3. The van der Waals surface area contributed by atoms with E-state index < -0.39 is 28.8 Å². The fourth-order valence-corrected chi connectivity index (χ4v) is 4.03. The Balaban J connectivity index is 0.00000272. The van der Waals surface area contributed by atoms with Crippen LogP contribution in [0.4, 0.5) is 13.2 Å². The number of carbonyl (C=O) groups excluding carboxylic acids is 2. The van der Waals surface area contributed by atoms with Crippen molar-refractivity contribution in [3.8, 4) is 0 Å². The Morgan fingerprint density at radius 3 is 2.26 bits per heavy atom. The molecule has 0 atom stereocenters. The van der Waals surface area contributed by atoms with Gasteiger partial charge in [-0.15, -0.1) is 0 Å². The maximum Gasteiger partial charge on any atom is 0.184 e. The summed E-state index contributed by atoms with van der Waals surface area (Å²) < 4.78 is 40.8. The van der Waals surface area contributed by atoms with Crippen LogP contribution in [0.2, 0.25) is 0 Å². The molecule has 2 heterocycles. The molecule has 1 aromatic carbocycles. The van der Waals surface area contributed by atoms with Crippen molar-refractivity contribution in [2.45, 2.75) is 39.5 Å². The second-order valence-corrected chi connectivity index (χ2v) is 8.24. The van der Waals surface area contributed by atoms with E-state index in [-0.39, 0.29) is 36.9 Å². The van der Waals surface area contributed by atoms with E-state index in [0.717, 1.165) is 38.4 Å². The Labute approximate surface area is 180 Å². The summed E-state index contributed by atoms with van der Waals surface area (Å²) >= 11 is 0. The first-order chi connectivity index (χ1) is 14.4. The number of Topliss-reactive ketones (excluding diaryl/α,β-unsaturated/α-hetero) is 2. The van der Waals surface area contributed by atoms with Crippen molar-refractivity contribution in [2.24, 2.45) is 11.8 Å². The van der Waals surface area contributed by atoms with E-state index in [9.17, 15) is 22.8 Å². The summed E-state index contributed by atoms with van der Waals surface area (Å²) in [7, 11) is 0. The minimum Gasteiger partial charge on any atom is -0.303 e. The van der Waals surface area contributed by atoms with Crippen LogP contribution in [0.15, 0.2) is 30.3 Å². The van der Waals surface area contributed by atoms with Crippen molar-refractivity contribution in [3.05, 3.63) is 64.7 Å². The van der Waals surface area contributed by atoms with Crippen molar-refractivity contribution < 1.29 is 22.8 Å². The Kier molecular flexibility index (Phi) is 7.26. The molecule has 0 N–H and O–H groups in total. The number of aromatic nitrogens is 1. The first-order valence-electron chi connectivity index (χ1n) is 10.3. The van der Waals surface area contributed by atoms with Gasteiger partial charge in [-0.1, -0.05) is 13.5 Å². The quantitative estimate of drug-likeness (QED) is 0.586. The van der Waals surface area contributed by atoms with Crippen LogP contribution in [0, 0.1) is 29.3 Å². The number of likely N-dealkylation sites (tertiary alicyclic amines) is 1. The van der Waals surface area contributed by atoms with E-state index in [0.29, 0.717) is 12.1 Å². The monoisotopic (exact) mass is 432 g/mol. The van der Waals surface area contributed by atoms with Gasteiger partial charge < -0.3 is 4.90 Å². The normalized spacial score (nSPS) is 17.3. The van der Waals surface area contributed by atoms with Crippen LogP contribution in [0.3, 0.4) is 0 Å². The Morgan fingerprint density at radius 1 is 1.00 bits per heavy atom. The predicted molar refractivity (Wildman–Crippen MR) is 112 cm³/mol. The highest BCUT2D eigenvalue weighted by Crippen LogP contribution is 2.31. The van der Waals surface area contributed by atoms with E-state index in [2.05, 4.69) is 9.88 Å². The van der Waals surface area contributed by atoms with E-state index in [1.807, 2.05) is 0 Å². The number of carbonyl (C=O) groups is 2. The molecule has 2 fully saturated rings. The van der Waals surface area contributed by atoms with Crippen molar-refractivity contribution in [1.82, 2.24) is 9.88 Å². The molecule has 7 heteroatoms. The molecule has 166 valence electrons. The molecule has 0 unspecified atom stereocenters. The highest BCUT2D eigenvalue weighted by atomic mass is 19.1. The summed E-state index contributed by atoms with van der Waals surface area (Å²) in [5.41, 5.74) is -0.279. The minimum atomic E-state index is -1.25. The summed E-state index contributed by atoms with van der Waals surface area (Å²) in [6.45, 7) is 2.91. The molecular formula is C24H27F3N2O2. The Bertz CT molecular complexity index is 944. The molecule has 0 bridgehead atoms. The molecule has 31 heavy (non-hydrogen) atoms. The third kappa shape index (κ3) is 5.58. The van der Waals surface area contributed by atoms with Gasteiger partial charge >= 0.3 is 0 Å². The van der Waals surface area contributed by atoms with E-state index >= 15 is 0 Å². The Morgan fingerprint density at radius 2 is 1.65 bits per heavy atom. The largest absolute Gasteiger partial charge is 0.303 e. The van der Waals surface area contributed by atoms with Crippen molar-refractivity contribution in [2.75, 3.05) is 19.6 Å². The summed E-state index contributed by atoms with van der Waals surface area (Å²) in [5, 5.41) is 0. The van der Waals surface area contributed by atoms with Crippen molar-refractivity contribution >= 4 is 11.6 Å². The molecule has 1 aliphatic carbocycles. The van der Waals surface area contributed by atoms with Gasteiger partial charge in [-0.2, -0.15) is 0 Å². The molecule has 2 aliphatic rings. The van der Waals surface area contributed by atoms with Gasteiger partial charge in [0.25, 0.3) is 0 Å². The van der Waals surface area contributed by atoms with Gasteiger partial charge in [-0.05, 0) is 56.8 Å². The average molecular weight is 432 g/mol. The summed E-state index contributed by atoms with van der Waals surface area (Å²) in [6.07, 6.45) is 3.80. The standard InChI is InChI=1S/C23H23F3N2O2.CH4/c24-16-10-18(25)22(19(26)11-16)21(29)12-17-2-1-3-20(27-17)23(30)15-6-8-28(9-7-15)13-14-4-5-14;/h1-3,10-11,14-15H,4-9,12-13H2;1H4. The number of pyridine rings is 1. The van der Waals surface area contributed by atoms with E-state index in [1.165, 1.54) is 18.9 Å². The van der Waals surface area contributed by atoms with Crippen LogP contribution in [0.5, 0.6) is 0 Å². The molecule has 1 saturated heterocycles. The number of hydrogen-bond donors (Lipinski definition) is 0. The van der Waals surface area contributed by atoms with Crippen LogP contribution in [-0.4, -0.2) is 41.1 Å². The maximum absolute atomic E-state index is 13.9. The summed E-state index contributed by atoms with van der Waals surface area (Å²) in [4.78, 5) is 31.9. The third-order valence-electron chi connectivity index (χ3n) is 5.86. The van der Waals surface area contributed by atoms with Gasteiger partial charge in [0, 0.05) is 30.3 Å². The lowest BCUT2D eigenvalue weighted by Gasteiger charge is -2.31. The zero-order chi connectivity index (χ0) is 21.3. The second kappa shape index (κ2) is 9.73. The van der Waals surface area contributed by atoms with Crippen LogP contribution in [-0.2, 0) is 6.42 Å². The number of nitrogens with zero attached hydrogens (tertiary/aromatic N) is 2. The fourth-order valence-electron chi connectivity index (χ4n) is 4.03. The molecule has 4 rings (SSSR count). The van der Waals surface area contributed by atoms with Gasteiger partial charge in [0.15, 0.2) is 11.6 Å². The smallest absolute Gasteiger partial charge is 0.184 e. The number of hydrogen-bond acceptors (Lipinski definition) is 4. The minimum absolute atomic E-state index is 0. The molecule has 0 amide bonds. The predicted octanol–water partition coefficient (Wildman–Crippen LogP) is 4.87. The first-order valence-corrected chi connectivity index (χ1v) is 10.3.